The minimum Gasteiger partial charge on any atom is -0.504 e. The summed E-state index contributed by atoms with van der Waals surface area (Å²) in [7, 11) is -1.29. The number of ether oxygens (including phenoxy) is 2. The van der Waals surface area contributed by atoms with Gasteiger partial charge in [0.2, 0.25) is 5.96 Å². The minimum atomic E-state index is -4.13. The molecular formula is C23H22N4O6S. The third-order valence-electron chi connectivity index (χ3n) is 4.54. The molecule has 0 saturated heterocycles. The number of phenolic OH excluding ortho intramolecular Hbond substituents is 2. The Morgan fingerprint density at radius 3 is 1.91 bits per heavy atom. The van der Waals surface area contributed by atoms with Crippen LogP contribution in [0.15, 0.2) is 79.9 Å². The summed E-state index contributed by atoms with van der Waals surface area (Å²) in [6.07, 6.45) is 2.61. The summed E-state index contributed by atoms with van der Waals surface area (Å²) < 4.78 is 38.6. The second-order valence-electron chi connectivity index (χ2n) is 6.73. The van der Waals surface area contributed by atoms with Crippen LogP contribution in [0.1, 0.15) is 11.1 Å². The van der Waals surface area contributed by atoms with Gasteiger partial charge in [0, 0.05) is 23.6 Å². The third-order valence-corrected chi connectivity index (χ3v) is 5.83. The fourth-order valence-corrected chi connectivity index (χ4v) is 3.68. The normalized spacial score (nSPS) is 12.4. The molecule has 3 aromatic carbocycles. The standard InChI is InChI=1S/C23H22N4O6S/c1-32-19-7-3-5-15(21(19)28)13-25-17-9-11-18(12-10-17)34(30,31)27-23(24)26-14-16-6-4-8-20(33-2)22(16)29/h3-14,28-29H,1-2H3,(H2,24,27). The van der Waals surface area contributed by atoms with Gasteiger partial charge < -0.3 is 25.4 Å². The van der Waals surface area contributed by atoms with E-state index in [2.05, 4.69) is 14.4 Å². The quantitative estimate of drug-likeness (QED) is 0.345. The zero-order chi connectivity index (χ0) is 24.7. The number of hydrogen-bond donors (Lipinski definition) is 3. The lowest BCUT2D eigenvalue weighted by Gasteiger charge is -2.05. The minimum absolute atomic E-state index is 0.0550. The number of nitrogens with zero attached hydrogens (tertiary/aromatic N) is 3. The van der Waals surface area contributed by atoms with Crippen molar-refractivity contribution in [2.75, 3.05) is 14.2 Å². The molecule has 0 atom stereocenters. The molecule has 3 rings (SSSR count). The van der Waals surface area contributed by atoms with Gasteiger partial charge in [-0.1, -0.05) is 12.1 Å². The van der Waals surface area contributed by atoms with Crippen LogP contribution in [0, 0.1) is 0 Å². The van der Waals surface area contributed by atoms with E-state index in [-0.39, 0.29) is 27.7 Å². The first-order chi connectivity index (χ1) is 16.2. The molecule has 0 aliphatic carbocycles. The summed E-state index contributed by atoms with van der Waals surface area (Å²) in [4.78, 5) is 7.91. The molecule has 0 bridgehead atoms. The SMILES string of the molecule is COc1cccc(C=NC(N)=NS(=O)(=O)c2ccc(N=Cc3cccc(OC)c3O)cc2)c1O. The Hall–Kier alpha value is -4.38. The van der Waals surface area contributed by atoms with E-state index in [1.807, 2.05) is 0 Å². The maximum atomic E-state index is 12.5. The van der Waals surface area contributed by atoms with Crippen molar-refractivity contribution in [2.24, 2.45) is 20.1 Å². The second-order valence-corrected chi connectivity index (χ2v) is 8.34. The van der Waals surface area contributed by atoms with E-state index < -0.39 is 16.0 Å². The van der Waals surface area contributed by atoms with Gasteiger partial charge in [-0.15, -0.1) is 4.40 Å². The lowest BCUT2D eigenvalue weighted by Crippen LogP contribution is -2.12. The van der Waals surface area contributed by atoms with E-state index in [4.69, 9.17) is 15.2 Å². The maximum Gasteiger partial charge on any atom is 0.285 e. The molecule has 0 saturated carbocycles. The number of benzene rings is 3. The van der Waals surface area contributed by atoms with Crippen LogP contribution in [0.2, 0.25) is 0 Å². The number of methoxy groups -OCH3 is 2. The van der Waals surface area contributed by atoms with Crippen molar-refractivity contribution in [2.45, 2.75) is 4.90 Å². The van der Waals surface area contributed by atoms with Crippen LogP contribution in [0.3, 0.4) is 0 Å². The Morgan fingerprint density at radius 1 is 0.853 bits per heavy atom. The highest BCUT2D eigenvalue weighted by Crippen LogP contribution is 2.29. The number of rotatable bonds is 7. The molecule has 0 unspecified atom stereocenters. The first kappa shape index (κ1) is 24.3. The number of hydrogen-bond acceptors (Lipinski definition) is 7. The van der Waals surface area contributed by atoms with E-state index in [0.29, 0.717) is 17.0 Å². The molecule has 0 aliphatic heterocycles. The van der Waals surface area contributed by atoms with E-state index in [1.54, 1.807) is 36.4 Å². The lowest BCUT2D eigenvalue weighted by molar-refractivity contribution is 0.373. The number of sulfonamides is 1. The van der Waals surface area contributed by atoms with Gasteiger partial charge in [0.15, 0.2) is 23.0 Å². The molecule has 4 N–H and O–H groups in total. The predicted octanol–water partition coefficient (Wildman–Crippen LogP) is 2.99. The molecule has 0 radical (unpaired) electrons. The number of para-hydroxylation sites is 2. The van der Waals surface area contributed by atoms with Gasteiger partial charge in [-0.2, -0.15) is 8.42 Å². The topological polar surface area (TPSA) is 156 Å². The zero-order valence-electron chi connectivity index (χ0n) is 18.3. The first-order valence-corrected chi connectivity index (χ1v) is 11.2. The van der Waals surface area contributed by atoms with Crippen molar-refractivity contribution in [3.63, 3.8) is 0 Å². The van der Waals surface area contributed by atoms with E-state index in [0.717, 1.165) is 0 Å². The van der Waals surface area contributed by atoms with Gasteiger partial charge in [0.05, 0.1) is 24.8 Å². The van der Waals surface area contributed by atoms with Gasteiger partial charge in [-0.05, 0) is 48.5 Å². The summed E-state index contributed by atoms with van der Waals surface area (Å²) >= 11 is 0. The second kappa shape index (κ2) is 10.5. The van der Waals surface area contributed by atoms with Crippen LogP contribution in [-0.2, 0) is 10.0 Å². The van der Waals surface area contributed by atoms with Gasteiger partial charge in [-0.3, -0.25) is 4.99 Å². The molecule has 3 aromatic rings. The Bertz CT molecular complexity index is 1370. The summed E-state index contributed by atoms with van der Waals surface area (Å²) in [6.45, 7) is 0. The van der Waals surface area contributed by atoms with E-state index in [9.17, 15) is 18.6 Å². The highest BCUT2D eigenvalue weighted by Gasteiger charge is 2.14. The molecule has 0 amide bonds. The number of nitrogens with two attached hydrogens (primary N) is 1. The summed E-state index contributed by atoms with van der Waals surface area (Å²) in [5, 5.41) is 20.2. The fraction of sp³-hybridized carbons (Fsp3) is 0.0870. The Morgan fingerprint density at radius 2 is 1.38 bits per heavy atom. The van der Waals surface area contributed by atoms with Crippen LogP contribution >= 0.6 is 0 Å². The largest absolute Gasteiger partial charge is 0.504 e. The molecule has 10 nitrogen and oxygen atoms in total. The molecular weight excluding hydrogens is 460 g/mol. The monoisotopic (exact) mass is 482 g/mol. The molecule has 0 aromatic heterocycles. The van der Waals surface area contributed by atoms with Crippen molar-refractivity contribution in [3.8, 4) is 23.0 Å². The number of phenols is 2. The van der Waals surface area contributed by atoms with Gasteiger partial charge >= 0.3 is 0 Å². The number of guanidine groups is 1. The van der Waals surface area contributed by atoms with Crippen molar-refractivity contribution >= 4 is 34.1 Å². The highest BCUT2D eigenvalue weighted by molar-refractivity contribution is 7.90. The van der Waals surface area contributed by atoms with Gasteiger partial charge in [0.25, 0.3) is 10.0 Å². The summed E-state index contributed by atoms with van der Waals surface area (Å²) in [5.74, 6) is -0.192. The molecule has 34 heavy (non-hydrogen) atoms. The average Bonchev–Trinajstić information content (AvgIpc) is 2.83. The molecule has 0 aliphatic rings. The van der Waals surface area contributed by atoms with Gasteiger partial charge in [0.1, 0.15) is 0 Å². The Kier molecular flexibility index (Phi) is 7.49. The smallest absolute Gasteiger partial charge is 0.285 e. The molecule has 0 spiro atoms. The van der Waals surface area contributed by atoms with Gasteiger partial charge in [-0.25, -0.2) is 4.99 Å². The Balaban J connectivity index is 1.76. The van der Waals surface area contributed by atoms with Crippen molar-refractivity contribution in [1.29, 1.82) is 0 Å². The third kappa shape index (κ3) is 5.70. The Labute approximate surface area is 196 Å². The lowest BCUT2D eigenvalue weighted by atomic mass is 10.2. The molecule has 0 fully saturated rings. The number of aromatic hydroxyl groups is 2. The predicted molar refractivity (Wildman–Crippen MR) is 129 cm³/mol. The van der Waals surface area contributed by atoms with E-state index in [1.165, 1.54) is 50.9 Å². The molecule has 0 heterocycles. The molecule has 11 heteroatoms. The fourth-order valence-electron chi connectivity index (χ4n) is 2.80. The highest BCUT2D eigenvalue weighted by atomic mass is 32.2. The van der Waals surface area contributed by atoms with Crippen molar-refractivity contribution < 1.29 is 28.1 Å². The van der Waals surface area contributed by atoms with Crippen molar-refractivity contribution in [1.82, 2.24) is 0 Å². The molecule has 176 valence electrons. The van der Waals surface area contributed by atoms with E-state index >= 15 is 0 Å². The zero-order valence-corrected chi connectivity index (χ0v) is 19.1. The van der Waals surface area contributed by atoms with Crippen LogP contribution in [0.5, 0.6) is 23.0 Å². The van der Waals surface area contributed by atoms with Crippen LogP contribution in [-0.4, -0.2) is 51.2 Å². The van der Waals surface area contributed by atoms with Crippen LogP contribution in [0.4, 0.5) is 5.69 Å². The maximum absolute atomic E-state index is 12.5. The first-order valence-electron chi connectivity index (χ1n) is 9.75. The summed E-state index contributed by atoms with van der Waals surface area (Å²) in [5.41, 5.74) is 6.81. The summed E-state index contributed by atoms with van der Waals surface area (Å²) in [6, 6.07) is 15.3. The van der Waals surface area contributed by atoms with Crippen LogP contribution < -0.4 is 15.2 Å². The average molecular weight is 483 g/mol. The van der Waals surface area contributed by atoms with Crippen molar-refractivity contribution in [3.05, 3.63) is 71.8 Å². The number of aliphatic imine (C=N–C) groups is 2. The van der Waals surface area contributed by atoms with Crippen LogP contribution in [0.25, 0.3) is 0 Å².